The Labute approximate surface area is 56.1 Å². The number of hydrogen-bond donors (Lipinski definition) is 1. The van der Waals surface area contributed by atoms with Crippen LogP contribution in [0.5, 0.6) is 0 Å². The third-order valence-electron chi connectivity index (χ3n) is 1.10. The molecule has 0 bridgehead atoms. The van der Waals surface area contributed by atoms with Crippen molar-refractivity contribution in [3.63, 3.8) is 0 Å². The molecule has 0 fully saturated rings. The Hall–Kier alpha value is -1.65. The molecule has 2 aromatic rings. The van der Waals surface area contributed by atoms with E-state index in [9.17, 15) is 0 Å². The molecule has 1 N–H and O–H groups in total. The Morgan fingerprint density at radius 3 is 3.10 bits per heavy atom. The van der Waals surface area contributed by atoms with Crippen LogP contribution in [-0.2, 0) is 0 Å². The lowest BCUT2D eigenvalue weighted by Gasteiger charge is -1.80. The maximum Gasteiger partial charge on any atom is 0.220 e. The van der Waals surface area contributed by atoms with Crippen LogP contribution in [0.25, 0.3) is 11.5 Å². The molecule has 2 aromatic heterocycles. The third kappa shape index (κ3) is 0.680. The first-order chi connectivity index (χ1) is 4.97. The van der Waals surface area contributed by atoms with Crippen LogP contribution < -0.4 is 0 Å². The highest BCUT2D eigenvalue weighted by Gasteiger charge is 2.01. The van der Waals surface area contributed by atoms with Crippen molar-refractivity contribution in [2.24, 2.45) is 0 Å². The fourth-order valence-corrected chi connectivity index (χ4v) is 0.670. The molecule has 0 aliphatic rings. The standard InChI is InChI=1S/C5H4N4O/c1-2-7-8-4(1)5-6-3-10-9-5/h1-3H,(H,7,8). The van der Waals surface area contributed by atoms with E-state index in [4.69, 9.17) is 0 Å². The van der Waals surface area contributed by atoms with Crippen molar-refractivity contribution in [3.05, 3.63) is 18.7 Å². The van der Waals surface area contributed by atoms with Crippen LogP contribution in [0, 0.1) is 0 Å². The molecule has 0 radical (unpaired) electrons. The predicted octanol–water partition coefficient (Wildman–Crippen LogP) is 0.460. The summed E-state index contributed by atoms with van der Waals surface area (Å²) in [5.74, 6) is 0.525. The molecule has 0 aliphatic carbocycles. The molecule has 2 heterocycles. The van der Waals surface area contributed by atoms with E-state index in [2.05, 4.69) is 24.9 Å². The van der Waals surface area contributed by atoms with Crippen LogP contribution in [0.2, 0.25) is 0 Å². The third-order valence-corrected chi connectivity index (χ3v) is 1.10. The predicted molar refractivity (Wildman–Crippen MR) is 31.9 cm³/mol. The summed E-state index contributed by atoms with van der Waals surface area (Å²) in [5.41, 5.74) is 0.758. The number of aromatic nitrogens is 4. The summed E-state index contributed by atoms with van der Waals surface area (Å²) in [6.45, 7) is 0. The van der Waals surface area contributed by atoms with Gasteiger partial charge in [-0.05, 0) is 6.07 Å². The SMILES string of the molecule is c1cc(-c2ncon2)[nH]n1. The molecule has 0 saturated carbocycles. The fourth-order valence-electron chi connectivity index (χ4n) is 0.670. The maximum atomic E-state index is 4.53. The topological polar surface area (TPSA) is 67.6 Å². The zero-order valence-corrected chi connectivity index (χ0v) is 4.98. The van der Waals surface area contributed by atoms with Gasteiger partial charge in [0.05, 0.1) is 0 Å². The summed E-state index contributed by atoms with van der Waals surface area (Å²) in [4.78, 5) is 3.81. The molecule has 0 aliphatic heterocycles. The average molecular weight is 136 g/mol. The van der Waals surface area contributed by atoms with Crippen molar-refractivity contribution < 1.29 is 4.52 Å². The summed E-state index contributed by atoms with van der Waals surface area (Å²) in [7, 11) is 0. The van der Waals surface area contributed by atoms with Crippen molar-refractivity contribution in [2.45, 2.75) is 0 Å². The minimum absolute atomic E-state index is 0.525. The van der Waals surface area contributed by atoms with Crippen LogP contribution in [0.15, 0.2) is 23.2 Å². The lowest BCUT2D eigenvalue weighted by molar-refractivity contribution is 0.418. The molecule has 10 heavy (non-hydrogen) atoms. The number of aromatic amines is 1. The smallest absolute Gasteiger partial charge is 0.220 e. The summed E-state index contributed by atoms with van der Waals surface area (Å²) in [5, 5.41) is 10.0. The zero-order chi connectivity index (χ0) is 6.81. The number of nitrogens with one attached hydrogen (secondary N) is 1. The van der Waals surface area contributed by atoms with Crippen LogP contribution in [0.3, 0.4) is 0 Å². The molecular formula is C5H4N4O. The highest BCUT2D eigenvalue weighted by atomic mass is 16.5. The van der Waals surface area contributed by atoms with Gasteiger partial charge in [0.15, 0.2) is 0 Å². The fraction of sp³-hybridized carbons (Fsp3) is 0. The van der Waals surface area contributed by atoms with Gasteiger partial charge in [-0.15, -0.1) is 0 Å². The molecule has 0 atom stereocenters. The molecule has 0 aromatic carbocycles. The summed E-state index contributed by atoms with van der Waals surface area (Å²) < 4.78 is 4.53. The van der Waals surface area contributed by atoms with E-state index >= 15 is 0 Å². The van der Waals surface area contributed by atoms with Gasteiger partial charge < -0.3 is 4.52 Å². The maximum absolute atomic E-state index is 4.53. The number of nitrogens with zero attached hydrogens (tertiary/aromatic N) is 3. The number of rotatable bonds is 1. The van der Waals surface area contributed by atoms with E-state index in [1.807, 2.05) is 0 Å². The Morgan fingerprint density at radius 2 is 2.50 bits per heavy atom. The monoisotopic (exact) mass is 136 g/mol. The molecule has 0 saturated heterocycles. The van der Waals surface area contributed by atoms with Crippen LogP contribution in [0.1, 0.15) is 0 Å². The molecule has 5 nitrogen and oxygen atoms in total. The largest absolute Gasteiger partial charge is 0.342 e. The van der Waals surface area contributed by atoms with Gasteiger partial charge in [0, 0.05) is 6.20 Å². The first-order valence-corrected chi connectivity index (χ1v) is 2.73. The van der Waals surface area contributed by atoms with Crippen molar-refractivity contribution >= 4 is 0 Å². The Balaban J connectivity index is 2.48. The van der Waals surface area contributed by atoms with E-state index in [0.717, 1.165) is 5.69 Å². The Kier molecular flexibility index (Phi) is 1.00. The quantitative estimate of drug-likeness (QED) is 0.618. The summed E-state index contributed by atoms with van der Waals surface area (Å²) in [6.07, 6.45) is 2.90. The van der Waals surface area contributed by atoms with Gasteiger partial charge in [-0.25, -0.2) is 0 Å². The molecule has 0 amide bonds. The highest BCUT2D eigenvalue weighted by Crippen LogP contribution is 2.07. The molecule has 5 heteroatoms. The van der Waals surface area contributed by atoms with E-state index in [1.165, 1.54) is 6.39 Å². The van der Waals surface area contributed by atoms with Crippen LogP contribution >= 0.6 is 0 Å². The lowest BCUT2D eigenvalue weighted by Crippen LogP contribution is -1.78. The van der Waals surface area contributed by atoms with Gasteiger partial charge in [-0.3, -0.25) is 5.10 Å². The van der Waals surface area contributed by atoms with Gasteiger partial charge in [-0.2, -0.15) is 10.1 Å². The average Bonchev–Trinajstić information content (AvgIpc) is 2.59. The number of H-pyrrole nitrogens is 1. The van der Waals surface area contributed by atoms with E-state index in [1.54, 1.807) is 12.3 Å². The van der Waals surface area contributed by atoms with Gasteiger partial charge in [-0.1, -0.05) is 5.16 Å². The van der Waals surface area contributed by atoms with Gasteiger partial charge in [0.1, 0.15) is 5.69 Å². The first kappa shape index (κ1) is 5.16. The second-order valence-corrected chi connectivity index (χ2v) is 1.73. The normalized spacial score (nSPS) is 10.0. The van der Waals surface area contributed by atoms with Crippen molar-refractivity contribution in [3.8, 4) is 11.5 Å². The van der Waals surface area contributed by atoms with Crippen molar-refractivity contribution in [2.75, 3.05) is 0 Å². The Bertz CT molecular complexity index is 253. The first-order valence-electron chi connectivity index (χ1n) is 2.73. The number of hydrogen-bond acceptors (Lipinski definition) is 4. The van der Waals surface area contributed by atoms with Crippen molar-refractivity contribution in [1.82, 2.24) is 20.3 Å². The second kappa shape index (κ2) is 1.94. The molecule has 2 rings (SSSR count). The summed E-state index contributed by atoms with van der Waals surface area (Å²) in [6, 6.07) is 1.77. The summed E-state index contributed by atoms with van der Waals surface area (Å²) >= 11 is 0. The molecule has 0 spiro atoms. The highest BCUT2D eigenvalue weighted by molar-refractivity contribution is 5.45. The second-order valence-electron chi connectivity index (χ2n) is 1.73. The van der Waals surface area contributed by atoms with E-state index in [-0.39, 0.29) is 0 Å². The minimum Gasteiger partial charge on any atom is -0.342 e. The van der Waals surface area contributed by atoms with E-state index < -0.39 is 0 Å². The molecular weight excluding hydrogens is 132 g/mol. The lowest BCUT2D eigenvalue weighted by atomic mass is 10.4. The minimum atomic E-state index is 0.525. The van der Waals surface area contributed by atoms with Gasteiger partial charge >= 0.3 is 0 Å². The van der Waals surface area contributed by atoms with Crippen molar-refractivity contribution in [1.29, 1.82) is 0 Å². The molecule has 50 valence electrons. The Morgan fingerprint density at radius 1 is 1.50 bits per heavy atom. The zero-order valence-electron chi connectivity index (χ0n) is 4.98. The van der Waals surface area contributed by atoms with Crippen LogP contribution in [-0.4, -0.2) is 20.3 Å². The van der Waals surface area contributed by atoms with Gasteiger partial charge in [0.2, 0.25) is 12.2 Å². The van der Waals surface area contributed by atoms with E-state index in [0.29, 0.717) is 5.82 Å². The molecule has 0 unspecified atom stereocenters. The van der Waals surface area contributed by atoms with Gasteiger partial charge in [0.25, 0.3) is 0 Å². The van der Waals surface area contributed by atoms with Crippen LogP contribution in [0.4, 0.5) is 0 Å².